The van der Waals surface area contributed by atoms with Crippen molar-refractivity contribution in [3.8, 4) is 0 Å². The molecule has 2 fully saturated rings. The van der Waals surface area contributed by atoms with Gasteiger partial charge in [-0.2, -0.15) is 0 Å². The van der Waals surface area contributed by atoms with Crippen molar-refractivity contribution in [1.29, 1.82) is 0 Å². The topological polar surface area (TPSA) is 30.0 Å². The fraction of sp³-hybridized carbons (Fsp3) is 0.536. The van der Waals surface area contributed by atoms with Gasteiger partial charge in [-0.1, -0.05) is 23.8 Å². The molecule has 0 spiro atoms. The molecule has 2 aliphatic heterocycles. The number of benzene rings is 2. The minimum absolute atomic E-state index is 0.329. The van der Waals surface area contributed by atoms with E-state index in [2.05, 4.69) is 82.8 Å². The van der Waals surface area contributed by atoms with Crippen LogP contribution < -0.4 is 9.80 Å². The van der Waals surface area contributed by atoms with Gasteiger partial charge in [0.25, 0.3) is 0 Å². The van der Waals surface area contributed by atoms with Crippen LogP contribution in [-0.2, 0) is 4.79 Å². The predicted octanol–water partition coefficient (Wildman–Crippen LogP) is 4.25. The van der Waals surface area contributed by atoms with Crippen LogP contribution in [0.3, 0.4) is 0 Å². The minimum Gasteiger partial charge on any atom is -0.370 e. The molecule has 4 rings (SSSR count). The zero-order valence-corrected chi connectivity index (χ0v) is 20.7. The van der Waals surface area contributed by atoms with Crippen LogP contribution in [-0.4, -0.2) is 74.6 Å². The average molecular weight is 449 g/mol. The highest BCUT2D eigenvalue weighted by atomic mass is 16.2. The number of hydrogen-bond donors (Lipinski definition) is 0. The lowest BCUT2D eigenvalue weighted by Crippen LogP contribution is -2.46. The van der Waals surface area contributed by atoms with Gasteiger partial charge in [0.1, 0.15) is 0 Å². The maximum atomic E-state index is 12.9. The van der Waals surface area contributed by atoms with Crippen molar-refractivity contribution >= 4 is 17.3 Å². The highest BCUT2D eigenvalue weighted by molar-refractivity contribution is 5.76. The summed E-state index contributed by atoms with van der Waals surface area (Å²) in [5.74, 6) is 0.329. The van der Waals surface area contributed by atoms with Crippen LogP contribution in [0.2, 0.25) is 0 Å². The number of amides is 1. The molecule has 2 heterocycles. The average Bonchev–Trinajstić information content (AvgIpc) is 3.08. The first-order valence-electron chi connectivity index (χ1n) is 12.6. The van der Waals surface area contributed by atoms with Crippen molar-refractivity contribution in [1.82, 2.24) is 9.80 Å². The molecule has 178 valence electrons. The second-order valence-corrected chi connectivity index (χ2v) is 9.76. The van der Waals surface area contributed by atoms with Crippen LogP contribution in [0.4, 0.5) is 11.4 Å². The first-order valence-corrected chi connectivity index (χ1v) is 12.6. The van der Waals surface area contributed by atoms with E-state index in [1.54, 1.807) is 0 Å². The number of rotatable bonds is 6. The molecule has 2 aromatic rings. The second-order valence-electron chi connectivity index (χ2n) is 9.76. The van der Waals surface area contributed by atoms with Crippen molar-refractivity contribution in [3.05, 3.63) is 59.2 Å². The summed E-state index contributed by atoms with van der Waals surface area (Å²) >= 11 is 0. The predicted molar refractivity (Wildman–Crippen MR) is 138 cm³/mol. The lowest BCUT2D eigenvalue weighted by molar-refractivity contribution is -0.131. The van der Waals surface area contributed by atoms with Gasteiger partial charge < -0.3 is 14.7 Å². The van der Waals surface area contributed by atoms with Gasteiger partial charge >= 0.3 is 0 Å². The second kappa shape index (κ2) is 11.1. The van der Waals surface area contributed by atoms with Crippen molar-refractivity contribution in [3.63, 3.8) is 0 Å². The van der Waals surface area contributed by atoms with Gasteiger partial charge in [-0.25, -0.2) is 0 Å². The molecule has 2 aliphatic rings. The molecule has 1 amide bonds. The van der Waals surface area contributed by atoms with E-state index in [0.29, 0.717) is 12.3 Å². The van der Waals surface area contributed by atoms with E-state index in [1.165, 1.54) is 28.1 Å². The molecule has 0 saturated carbocycles. The van der Waals surface area contributed by atoms with Gasteiger partial charge in [-0.05, 0) is 75.5 Å². The normalized spacial score (nSPS) is 17.8. The Kier molecular flexibility index (Phi) is 7.92. The first kappa shape index (κ1) is 23.6. The lowest BCUT2D eigenvalue weighted by Gasteiger charge is -2.36. The van der Waals surface area contributed by atoms with E-state index < -0.39 is 0 Å². The van der Waals surface area contributed by atoms with E-state index in [9.17, 15) is 4.79 Å². The molecule has 0 aromatic heterocycles. The van der Waals surface area contributed by atoms with E-state index >= 15 is 0 Å². The number of carbonyl (C=O) groups is 1. The van der Waals surface area contributed by atoms with Gasteiger partial charge in [-0.15, -0.1) is 0 Å². The maximum Gasteiger partial charge on any atom is 0.222 e. The molecule has 2 saturated heterocycles. The van der Waals surface area contributed by atoms with Crippen LogP contribution in [0.1, 0.15) is 36.0 Å². The lowest BCUT2D eigenvalue weighted by atomic mass is 10.1. The van der Waals surface area contributed by atoms with Crippen molar-refractivity contribution in [2.24, 2.45) is 0 Å². The first-order chi connectivity index (χ1) is 16.0. The largest absolute Gasteiger partial charge is 0.370 e. The molecule has 5 heteroatoms. The zero-order valence-electron chi connectivity index (χ0n) is 20.7. The molecular weight excluding hydrogens is 408 g/mol. The van der Waals surface area contributed by atoms with E-state index in [4.69, 9.17) is 0 Å². The Morgan fingerprint density at radius 2 is 1.39 bits per heavy atom. The summed E-state index contributed by atoms with van der Waals surface area (Å²) in [4.78, 5) is 22.4. The molecule has 0 unspecified atom stereocenters. The van der Waals surface area contributed by atoms with Gasteiger partial charge in [0.15, 0.2) is 0 Å². The van der Waals surface area contributed by atoms with Gasteiger partial charge in [0, 0.05) is 70.2 Å². The molecule has 0 radical (unpaired) electrons. The van der Waals surface area contributed by atoms with Crippen molar-refractivity contribution < 1.29 is 4.79 Å². The number of hydrogen-bond acceptors (Lipinski definition) is 4. The minimum atomic E-state index is 0.329. The molecule has 0 N–H and O–H groups in total. The SMILES string of the molecule is Cc1ccc(N2CCN(CCCC(=O)N3CCCN(c4ccc(C)c(C)c4)CC3)CC2)cc1. The molecule has 2 aromatic carbocycles. The van der Waals surface area contributed by atoms with Gasteiger partial charge in [0.2, 0.25) is 5.91 Å². The monoisotopic (exact) mass is 448 g/mol. The van der Waals surface area contributed by atoms with Gasteiger partial charge in [-0.3, -0.25) is 9.69 Å². The van der Waals surface area contributed by atoms with E-state index in [0.717, 1.165) is 71.7 Å². The summed E-state index contributed by atoms with van der Waals surface area (Å²) in [5.41, 5.74) is 6.60. The Labute approximate surface area is 200 Å². The molecule has 0 aliphatic carbocycles. The summed E-state index contributed by atoms with van der Waals surface area (Å²) in [6.07, 6.45) is 2.67. The van der Waals surface area contributed by atoms with E-state index in [-0.39, 0.29) is 0 Å². The number of anilines is 2. The molecule has 33 heavy (non-hydrogen) atoms. The van der Waals surface area contributed by atoms with Gasteiger partial charge in [0.05, 0.1) is 0 Å². The van der Waals surface area contributed by atoms with Crippen molar-refractivity contribution in [2.45, 2.75) is 40.0 Å². The number of nitrogens with zero attached hydrogens (tertiary/aromatic N) is 4. The summed E-state index contributed by atoms with van der Waals surface area (Å²) in [7, 11) is 0. The summed E-state index contributed by atoms with van der Waals surface area (Å²) in [5, 5.41) is 0. The quantitative estimate of drug-likeness (QED) is 0.661. The third-order valence-electron chi connectivity index (χ3n) is 7.34. The molecule has 0 bridgehead atoms. The molecular formula is C28H40N4O. The Morgan fingerprint density at radius 3 is 2.12 bits per heavy atom. The van der Waals surface area contributed by atoms with Crippen LogP contribution in [0.5, 0.6) is 0 Å². The maximum absolute atomic E-state index is 12.9. The van der Waals surface area contributed by atoms with E-state index in [1.807, 2.05) is 0 Å². The van der Waals surface area contributed by atoms with Crippen LogP contribution >= 0.6 is 0 Å². The smallest absolute Gasteiger partial charge is 0.222 e. The fourth-order valence-electron chi connectivity index (χ4n) is 4.94. The highest BCUT2D eigenvalue weighted by Gasteiger charge is 2.21. The number of aryl methyl sites for hydroxylation is 3. The Bertz CT molecular complexity index is 918. The molecule has 5 nitrogen and oxygen atoms in total. The van der Waals surface area contributed by atoms with Crippen LogP contribution in [0.25, 0.3) is 0 Å². The Morgan fingerprint density at radius 1 is 0.727 bits per heavy atom. The third kappa shape index (κ3) is 6.29. The highest BCUT2D eigenvalue weighted by Crippen LogP contribution is 2.21. The number of carbonyl (C=O) groups excluding carboxylic acids is 1. The zero-order chi connectivity index (χ0) is 23.2. The summed E-state index contributed by atoms with van der Waals surface area (Å²) in [6, 6.07) is 15.6. The third-order valence-corrected chi connectivity index (χ3v) is 7.34. The molecule has 0 atom stereocenters. The van der Waals surface area contributed by atoms with Crippen LogP contribution in [0.15, 0.2) is 42.5 Å². The summed E-state index contributed by atoms with van der Waals surface area (Å²) in [6.45, 7) is 15.5. The van der Waals surface area contributed by atoms with Crippen molar-refractivity contribution in [2.75, 3.05) is 68.7 Å². The number of piperazine rings is 1. The fourth-order valence-corrected chi connectivity index (χ4v) is 4.94. The standard InChI is InChI=1S/C28H40N4O/c1-23-7-10-26(11-8-23)31-18-16-29(17-19-31)13-4-6-28(33)32-15-5-14-30(20-21-32)27-12-9-24(2)25(3)22-27/h7-12,22H,4-6,13-21H2,1-3H3. The Balaban J connectivity index is 1.17. The Hall–Kier alpha value is -2.53. The van der Waals surface area contributed by atoms with Crippen LogP contribution in [0, 0.1) is 20.8 Å². The summed E-state index contributed by atoms with van der Waals surface area (Å²) < 4.78 is 0.